The van der Waals surface area contributed by atoms with Crippen molar-refractivity contribution in [2.45, 2.75) is 6.18 Å². The fourth-order valence-corrected chi connectivity index (χ4v) is 1.30. The summed E-state index contributed by atoms with van der Waals surface area (Å²) in [4.78, 5) is 0. The quantitative estimate of drug-likeness (QED) is 0.829. The van der Waals surface area contributed by atoms with E-state index in [-0.39, 0.29) is 10.7 Å². The van der Waals surface area contributed by atoms with Gasteiger partial charge < -0.3 is 5.32 Å². The first-order valence-corrected chi connectivity index (χ1v) is 4.40. The summed E-state index contributed by atoms with van der Waals surface area (Å²) in [6, 6.07) is 4.24. The average molecular weight is 244 g/mol. The van der Waals surface area contributed by atoms with Crippen LogP contribution in [0.2, 0.25) is 10.0 Å². The second-order valence-electron chi connectivity index (χ2n) is 2.59. The van der Waals surface area contributed by atoms with Crippen LogP contribution in [0.4, 0.5) is 18.9 Å². The first kappa shape index (κ1) is 11.5. The molecule has 0 fully saturated rings. The minimum atomic E-state index is -4.26. The van der Waals surface area contributed by atoms with Crippen molar-refractivity contribution in [2.24, 2.45) is 0 Å². The Hall–Kier alpha value is -0.610. The molecule has 1 rings (SSSR count). The number of benzene rings is 1. The molecule has 0 aliphatic heterocycles. The first-order chi connectivity index (χ1) is 6.38. The molecule has 1 nitrogen and oxygen atoms in total. The lowest BCUT2D eigenvalue weighted by molar-refractivity contribution is -0.115. The van der Waals surface area contributed by atoms with Crippen LogP contribution >= 0.6 is 23.2 Å². The van der Waals surface area contributed by atoms with Crippen LogP contribution in [0.1, 0.15) is 0 Å². The normalized spacial score (nSPS) is 11.5. The Morgan fingerprint density at radius 2 is 1.86 bits per heavy atom. The van der Waals surface area contributed by atoms with Gasteiger partial charge in [-0.2, -0.15) is 13.2 Å². The van der Waals surface area contributed by atoms with Gasteiger partial charge in [0.2, 0.25) is 0 Å². The summed E-state index contributed by atoms with van der Waals surface area (Å²) in [6.45, 7) is -1.12. The molecule has 14 heavy (non-hydrogen) atoms. The summed E-state index contributed by atoms with van der Waals surface area (Å²) in [6.07, 6.45) is -4.26. The molecular weight excluding hydrogens is 238 g/mol. The Bertz CT molecular complexity index is 325. The van der Waals surface area contributed by atoms with Gasteiger partial charge in [0.05, 0.1) is 10.7 Å². The van der Waals surface area contributed by atoms with Crippen molar-refractivity contribution in [2.75, 3.05) is 11.9 Å². The molecule has 0 aliphatic rings. The molecule has 0 atom stereocenters. The van der Waals surface area contributed by atoms with Gasteiger partial charge in [-0.3, -0.25) is 0 Å². The predicted octanol–water partition coefficient (Wildman–Crippen LogP) is 3.97. The minimum absolute atomic E-state index is 0.168. The highest BCUT2D eigenvalue weighted by Crippen LogP contribution is 2.26. The highest BCUT2D eigenvalue weighted by atomic mass is 35.5. The van der Waals surface area contributed by atoms with E-state index in [4.69, 9.17) is 23.2 Å². The maximum atomic E-state index is 11.8. The smallest absolute Gasteiger partial charge is 0.375 e. The Balaban J connectivity index is 2.68. The van der Waals surface area contributed by atoms with Gasteiger partial charge in [0, 0.05) is 5.02 Å². The number of rotatable bonds is 2. The second-order valence-corrected chi connectivity index (χ2v) is 3.44. The molecule has 0 amide bonds. The van der Waals surface area contributed by atoms with Crippen molar-refractivity contribution in [3.05, 3.63) is 28.2 Å². The molecule has 1 aromatic carbocycles. The Kier molecular flexibility index (Phi) is 3.50. The van der Waals surface area contributed by atoms with Crippen LogP contribution in [0.15, 0.2) is 18.2 Å². The van der Waals surface area contributed by atoms with Gasteiger partial charge in [-0.15, -0.1) is 0 Å². The van der Waals surface area contributed by atoms with Crippen LogP contribution in [0.3, 0.4) is 0 Å². The van der Waals surface area contributed by atoms with Gasteiger partial charge in [0.1, 0.15) is 6.54 Å². The van der Waals surface area contributed by atoms with Crippen molar-refractivity contribution < 1.29 is 13.2 Å². The van der Waals surface area contributed by atoms with Crippen LogP contribution in [0.25, 0.3) is 0 Å². The van der Waals surface area contributed by atoms with E-state index in [2.05, 4.69) is 5.32 Å². The maximum absolute atomic E-state index is 11.8. The zero-order chi connectivity index (χ0) is 10.8. The van der Waals surface area contributed by atoms with Crippen LogP contribution in [-0.2, 0) is 0 Å². The van der Waals surface area contributed by atoms with Gasteiger partial charge in [-0.25, -0.2) is 0 Å². The molecule has 6 heteroatoms. The molecule has 1 N–H and O–H groups in total. The molecule has 0 radical (unpaired) electrons. The Morgan fingerprint density at radius 3 is 2.36 bits per heavy atom. The van der Waals surface area contributed by atoms with Crippen molar-refractivity contribution in [3.8, 4) is 0 Å². The topological polar surface area (TPSA) is 12.0 Å². The molecule has 0 saturated carbocycles. The fourth-order valence-electron chi connectivity index (χ4n) is 0.828. The molecular formula is C8H6Cl2F3N. The number of anilines is 1. The van der Waals surface area contributed by atoms with Crippen molar-refractivity contribution >= 4 is 28.9 Å². The zero-order valence-corrected chi connectivity index (χ0v) is 8.34. The lowest BCUT2D eigenvalue weighted by Crippen LogP contribution is -2.21. The van der Waals surface area contributed by atoms with E-state index < -0.39 is 12.7 Å². The molecule has 0 spiro atoms. The molecule has 1 aromatic rings. The summed E-state index contributed by atoms with van der Waals surface area (Å²) in [5, 5.41) is 2.71. The number of nitrogens with one attached hydrogen (secondary N) is 1. The molecule has 0 bridgehead atoms. The van der Waals surface area contributed by atoms with E-state index in [1.807, 2.05) is 0 Å². The molecule has 78 valence electrons. The van der Waals surface area contributed by atoms with Crippen molar-refractivity contribution in [1.29, 1.82) is 0 Å². The van der Waals surface area contributed by atoms with Crippen LogP contribution in [-0.4, -0.2) is 12.7 Å². The summed E-state index contributed by atoms with van der Waals surface area (Å²) >= 11 is 11.2. The number of hydrogen-bond acceptors (Lipinski definition) is 1. The van der Waals surface area contributed by atoms with Crippen LogP contribution in [0, 0.1) is 0 Å². The number of halogens is 5. The average Bonchev–Trinajstić information content (AvgIpc) is 2.00. The summed E-state index contributed by atoms with van der Waals surface area (Å²) in [5.74, 6) is 0. The Morgan fingerprint density at radius 1 is 1.21 bits per heavy atom. The third kappa shape index (κ3) is 3.64. The van der Waals surface area contributed by atoms with Crippen LogP contribution in [0.5, 0.6) is 0 Å². The van der Waals surface area contributed by atoms with Gasteiger partial charge in [0.15, 0.2) is 0 Å². The third-order valence-corrected chi connectivity index (χ3v) is 1.96. The monoisotopic (exact) mass is 243 g/mol. The molecule has 0 unspecified atom stereocenters. The second kappa shape index (κ2) is 4.28. The van der Waals surface area contributed by atoms with E-state index in [1.165, 1.54) is 18.2 Å². The van der Waals surface area contributed by atoms with E-state index in [0.29, 0.717) is 5.02 Å². The van der Waals surface area contributed by atoms with Crippen molar-refractivity contribution in [1.82, 2.24) is 0 Å². The van der Waals surface area contributed by atoms with Gasteiger partial charge >= 0.3 is 6.18 Å². The highest BCUT2D eigenvalue weighted by Gasteiger charge is 2.26. The lowest BCUT2D eigenvalue weighted by Gasteiger charge is -2.10. The van der Waals surface area contributed by atoms with Gasteiger partial charge in [-0.1, -0.05) is 23.2 Å². The number of alkyl halides is 3. The van der Waals surface area contributed by atoms with Gasteiger partial charge in [-0.05, 0) is 18.2 Å². The van der Waals surface area contributed by atoms with E-state index >= 15 is 0 Å². The third-order valence-electron chi connectivity index (χ3n) is 1.41. The lowest BCUT2D eigenvalue weighted by atomic mass is 10.3. The van der Waals surface area contributed by atoms with Crippen LogP contribution < -0.4 is 5.32 Å². The molecule has 0 saturated heterocycles. The van der Waals surface area contributed by atoms with Crippen molar-refractivity contribution in [3.63, 3.8) is 0 Å². The summed E-state index contributed by atoms with van der Waals surface area (Å²) < 4.78 is 35.5. The number of hydrogen-bond donors (Lipinski definition) is 1. The maximum Gasteiger partial charge on any atom is 0.405 e. The van der Waals surface area contributed by atoms with Gasteiger partial charge in [0.25, 0.3) is 0 Å². The fraction of sp³-hybridized carbons (Fsp3) is 0.250. The van der Waals surface area contributed by atoms with E-state index in [1.54, 1.807) is 0 Å². The molecule has 0 aliphatic carbocycles. The predicted molar refractivity (Wildman–Crippen MR) is 51.0 cm³/mol. The largest absolute Gasteiger partial charge is 0.405 e. The SMILES string of the molecule is FC(F)(F)CNc1ccc(Cl)cc1Cl. The molecule has 0 aromatic heterocycles. The molecule has 0 heterocycles. The summed E-state index contributed by atoms with van der Waals surface area (Å²) in [7, 11) is 0. The van der Waals surface area contributed by atoms with E-state index in [9.17, 15) is 13.2 Å². The zero-order valence-electron chi connectivity index (χ0n) is 6.83. The summed E-state index contributed by atoms with van der Waals surface area (Å²) in [5.41, 5.74) is 0.216. The van der Waals surface area contributed by atoms with E-state index in [0.717, 1.165) is 0 Å². The first-order valence-electron chi connectivity index (χ1n) is 3.64. The minimum Gasteiger partial charge on any atom is -0.375 e. The standard InChI is InChI=1S/C8H6Cl2F3N/c9-5-1-2-7(6(10)3-5)14-4-8(11,12)13/h1-3,14H,4H2. The Labute approximate surface area is 88.8 Å². The highest BCUT2D eigenvalue weighted by molar-refractivity contribution is 6.36.